The molecule has 7 heteroatoms. The lowest BCUT2D eigenvalue weighted by molar-refractivity contribution is -0.0758. The maximum atomic E-state index is 12.2. The predicted molar refractivity (Wildman–Crippen MR) is 67.4 cm³/mol. The molecule has 0 aliphatic heterocycles. The van der Waals surface area contributed by atoms with E-state index in [1.165, 1.54) is 24.3 Å². The van der Waals surface area contributed by atoms with Crippen LogP contribution in [0, 0.1) is 0 Å². The van der Waals surface area contributed by atoms with E-state index in [-0.39, 0.29) is 0 Å². The molecule has 6 nitrogen and oxygen atoms in total. The Morgan fingerprint density at radius 2 is 0.947 bits per heavy atom. The van der Waals surface area contributed by atoms with Crippen molar-refractivity contribution in [2.45, 2.75) is 22.1 Å². The smallest absolute Gasteiger partial charge is 0.203 e. The average molecular weight is 286 g/mol. The van der Waals surface area contributed by atoms with E-state index in [2.05, 4.69) is 0 Å². The van der Waals surface area contributed by atoms with Gasteiger partial charge in [-0.3, -0.25) is 0 Å². The molecule has 0 saturated carbocycles. The number of hydrogen-bond donors (Lipinski definition) is 4. The molecule has 4 N–H and O–H groups in total. The molecule has 0 bridgehead atoms. The Labute approximate surface area is 110 Å². The van der Waals surface area contributed by atoms with Gasteiger partial charge in [0.25, 0.3) is 0 Å². The molecule has 0 aromatic heterocycles. The number of aliphatic hydroxyl groups is 4. The SMILES string of the molecule is O=S(=O)(C1C=CC(O)(O)C=C1)C1C=CC(O)(O)C=C1. The molecule has 2 rings (SSSR count). The van der Waals surface area contributed by atoms with Gasteiger partial charge in [0.2, 0.25) is 11.6 Å². The molecular formula is C12H14O6S. The van der Waals surface area contributed by atoms with Crippen molar-refractivity contribution >= 4 is 9.84 Å². The molecule has 0 saturated heterocycles. The first kappa shape index (κ1) is 14.2. The summed E-state index contributed by atoms with van der Waals surface area (Å²) in [5.74, 6) is -4.26. The van der Waals surface area contributed by atoms with Crippen LogP contribution >= 0.6 is 0 Å². The number of sulfone groups is 1. The molecule has 2 aliphatic rings. The monoisotopic (exact) mass is 286 g/mol. The minimum atomic E-state index is -3.68. The third-order valence-electron chi connectivity index (χ3n) is 2.88. The van der Waals surface area contributed by atoms with Crippen LogP contribution in [-0.4, -0.2) is 50.9 Å². The van der Waals surface area contributed by atoms with Crippen LogP contribution in [0.15, 0.2) is 48.6 Å². The molecule has 0 atom stereocenters. The standard InChI is InChI=1S/C12H14O6S/c13-11(14)5-1-9(2-6-11)19(17,18)10-3-7-12(15,16)8-4-10/h1-10,13-16H. The Morgan fingerprint density at radius 1 is 0.684 bits per heavy atom. The largest absolute Gasteiger partial charge is 0.359 e. The summed E-state index contributed by atoms with van der Waals surface area (Å²) in [7, 11) is -3.68. The topological polar surface area (TPSA) is 115 Å². The first-order chi connectivity index (χ1) is 8.62. The summed E-state index contributed by atoms with van der Waals surface area (Å²) in [6.45, 7) is 0. The van der Waals surface area contributed by atoms with Gasteiger partial charge in [0.1, 0.15) is 0 Å². The Morgan fingerprint density at radius 3 is 1.21 bits per heavy atom. The maximum Gasteiger partial charge on any atom is 0.203 e. The Kier molecular flexibility index (Phi) is 3.28. The molecule has 0 aromatic rings. The van der Waals surface area contributed by atoms with Gasteiger partial charge in [0.05, 0.1) is 10.5 Å². The summed E-state index contributed by atoms with van der Waals surface area (Å²) in [6.07, 6.45) is 8.63. The molecule has 0 spiro atoms. The zero-order chi connectivity index (χ0) is 14.3. The highest BCUT2D eigenvalue weighted by Gasteiger charge is 2.34. The summed E-state index contributed by atoms with van der Waals surface area (Å²) < 4.78 is 24.5. The Bertz CT molecular complexity index is 501. The van der Waals surface area contributed by atoms with E-state index >= 15 is 0 Å². The first-order valence-electron chi connectivity index (χ1n) is 5.52. The minimum absolute atomic E-state index is 0.980. The Balaban J connectivity index is 2.22. The molecule has 0 heterocycles. The number of rotatable bonds is 2. The normalized spacial score (nSPS) is 25.9. The molecule has 0 aromatic carbocycles. The van der Waals surface area contributed by atoms with Gasteiger partial charge in [-0.2, -0.15) is 0 Å². The molecule has 0 radical (unpaired) electrons. The summed E-state index contributed by atoms with van der Waals surface area (Å²) in [6, 6.07) is 0. The fourth-order valence-electron chi connectivity index (χ4n) is 1.80. The maximum absolute atomic E-state index is 12.2. The lowest BCUT2D eigenvalue weighted by Crippen LogP contribution is -2.35. The van der Waals surface area contributed by atoms with Crippen LogP contribution in [0.1, 0.15) is 0 Å². The van der Waals surface area contributed by atoms with E-state index in [1.807, 2.05) is 0 Å². The number of hydrogen-bond acceptors (Lipinski definition) is 6. The van der Waals surface area contributed by atoms with Gasteiger partial charge in [0, 0.05) is 0 Å². The van der Waals surface area contributed by atoms with E-state index < -0.39 is 31.9 Å². The predicted octanol–water partition coefficient (Wildman–Crippen LogP) is -1.25. The van der Waals surface area contributed by atoms with Crippen molar-refractivity contribution in [3.63, 3.8) is 0 Å². The zero-order valence-corrected chi connectivity index (χ0v) is 10.6. The van der Waals surface area contributed by atoms with Crippen LogP contribution in [0.25, 0.3) is 0 Å². The van der Waals surface area contributed by atoms with Gasteiger partial charge < -0.3 is 20.4 Å². The van der Waals surface area contributed by atoms with E-state index in [1.54, 1.807) is 0 Å². The van der Waals surface area contributed by atoms with Gasteiger partial charge in [-0.25, -0.2) is 8.42 Å². The van der Waals surface area contributed by atoms with Gasteiger partial charge in [0.15, 0.2) is 9.84 Å². The second kappa shape index (κ2) is 4.39. The fraction of sp³-hybridized carbons (Fsp3) is 0.333. The lowest BCUT2D eigenvalue weighted by Gasteiger charge is -2.24. The van der Waals surface area contributed by atoms with Gasteiger partial charge in [-0.05, 0) is 24.3 Å². The second-order valence-electron chi connectivity index (χ2n) is 4.52. The van der Waals surface area contributed by atoms with Crippen LogP contribution in [0.3, 0.4) is 0 Å². The van der Waals surface area contributed by atoms with Crippen molar-refractivity contribution in [1.82, 2.24) is 0 Å². The van der Waals surface area contributed by atoms with Crippen LogP contribution < -0.4 is 0 Å². The van der Waals surface area contributed by atoms with E-state index in [9.17, 15) is 28.8 Å². The van der Waals surface area contributed by atoms with Gasteiger partial charge in [-0.15, -0.1) is 0 Å². The van der Waals surface area contributed by atoms with Crippen molar-refractivity contribution in [2.75, 3.05) is 0 Å². The summed E-state index contributed by atoms with van der Waals surface area (Å²) in [5, 5.41) is 34.9. The second-order valence-corrected chi connectivity index (χ2v) is 6.79. The zero-order valence-electron chi connectivity index (χ0n) is 9.79. The fourth-order valence-corrected chi connectivity index (χ4v) is 3.36. The molecule has 104 valence electrons. The molecule has 19 heavy (non-hydrogen) atoms. The minimum Gasteiger partial charge on any atom is -0.359 e. The van der Waals surface area contributed by atoms with Gasteiger partial charge in [-0.1, -0.05) is 24.3 Å². The van der Waals surface area contributed by atoms with E-state index in [4.69, 9.17) is 0 Å². The molecular weight excluding hydrogens is 272 g/mol. The van der Waals surface area contributed by atoms with Crippen LogP contribution in [0.4, 0.5) is 0 Å². The first-order valence-corrected chi connectivity index (χ1v) is 7.13. The quantitative estimate of drug-likeness (QED) is 0.372. The molecule has 2 aliphatic carbocycles. The lowest BCUT2D eigenvalue weighted by atomic mass is 10.1. The highest BCUT2D eigenvalue weighted by Crippen LogP contribution is 2.24. The van der Waals surface area contributed by atoms with Crippen molar-refractivity contribution in [2.24, 2.45) is 0 Å². The van der Waals surface area contributed by atoms with Crippen molar-refractivity contribution in [1.29, 1.82) is 0 Å². The van der Waals surface area contributed by atoms with Crippen LogP contribution in [0.5, 0.6) is 0 Å². The Hall–Kier alpha value is -1.25. The summed E-state index contributed by atoms with van der Waals surface area (Å²) >= 11 is 0. The molecule has 0 unspecified atom stereocenters. The summed E-state index contributed by atoms with van der Waals surface area (Å²) in [4.78, 5) is 0. The third kappa shape index (κ3) is 3.02. The van der Waals surface area contributed by atoms with E-state index in [0.29, 0.717) is 0 Å². The average Bonchev–Trinajstić information content (AvgIpc) is 2.27. The molecule has 0 amide bonds. The van der Waals surface area contributed by atoms with Gasteiger partial charge >= 0.3 is 0 Å². The molecule has 0 fully saturated rings. The van der Waals surface area contributed by atoms with E-state index in [0.717, 1.165) is 24.3 Å². The van der Waals surface area contributed by atoms with Crippen molar-refractivity contribution in [3.05, 3.63) is 48.6 Å². The van der Waals surface area contributed by atoms with Crippen LogP contribution in [-0.2, 0) is 9.84 Å². The highest BCUT2D eigenvalue weighted by atomic mass is 32.2. The summed E-state index contributed by atoms with van der Waals surface area (Å²) in [5.41, 5.74) is 0. The van der Waals surface area contributed by atoms with Crippen molar-refractivity contribution in [3.8, 4) is 0 Å². The van der Waals surface area contributed by atoms with Crippen molar-refractivity contribution < 1.29 is 28.8 Å². The van der Waals surface area contributed by atoms with Crippen LogP contribution in [0.2, 0.25) is 0 Å². The third-order valence-corrected chi connectivity index (χ3v) is 5.03. The highest BCUT2D eigenvalue weighted by molar-refractivity contribution is 7.93.